The van der Waals surface area contributed by atoms with E-state index in [0.29, 0.717) is 22.5 Å². The first-order valence-electron chi connectivity index (χ1n) is 13.7. The largest absolute Gasteiger partial charge is 0.496 e. The lowest BCUT2D eigenvalue weighted by atomic mass is 10.00. The van der Waals surface area contributed by atoms with E-state index in [1.165, 1.54) is 44.7 Å². The fraction of sp³-hybridized carbons (Fsp3) is 0.400. The minimum Gasteiger partial charge on any atom is -0.496 e. The number of nitrogen functional groups attached to an aromatic ring is 1. The number of nitrogens with zero attached hydrogens (tertiary/aromatic N) is 6. The molecule has 0 amide bonds. The van der Waals surface area contributed by atoms with Gasteiger partial charge in [-0.05, 0) is 62.7 Å². The van der Waals surface area contributed by atoms with E-state index in [1.54, 1.807) is 11.6 Å². The molecule has 0 radical (unpaired) electrons. The van der Waals surface area contributed by atoms with Gasteiger partial charge in [-0.15, -0.1) is 0 Å². The van der Waals surface area contributed by atoms with Crippen LogP contribution in [-0.4, -0.2) is 83.9 Å². The molecule has 2 saturated heterocycles. The Balaban J connectivity index is 1.30. The number of benzene rings is 2. The van der Waals surface area contributed by atoms with Crippen LogP contribution >= 0.6 is 11.6 Å². The molecule has 2 fully saturated rings. The number of fused-ring (bicyclic) bond motifs is 1. The zero-order valence-electron chi connectivity index (χ0n) is 22.9. The second-order valence-corrected chi connectivity index (χ2v) is 11.1. The van der Waals surface area contributed by atoms with Crippen molar-refractivity contribution < 1.29 is 4.74 Å². The van der Waals surface area contributed by atoms with Gasteiger partial charge in [0.25, 0.3) is 0 Å². The number of aryl methyl sites for hydroxylation is 1. The summed E-state index contributed by atoms with van der Waals surface area (Å²) in [4.78, 5) is 12.6. The molecule has 39 heavy (non-hydrogen) atoms. The van der Waals surface area contributed by atoms with E-state index >= 15 is 0 Å². The number of piperidine rings is 1. The molecular weight excluding hydrogens is 510 g/mol. The monoisotopic (exact) mass is 545 g/mol. The van der Waals surface area contributed by atoms with E-state index in [-0.39, 0.29) is 0 Å². The van der Waals surface area contributed by atoms with Gasteiger partial charge in [0.2, 0.25) is 0 Å². The Morgan fingerprint density at radius 2 is 1.74 bits per heavy atom. The predicted molar refractivity (Wildman–Crippen MR) is 159 cm³/mol. The van der Waals surface area contributed by atoms with Gasteiger partial charge in [0, 0.05) is 67.1 Å². The van der Waals surface area contributed by atoms with Crippen LogP contribution in [0.15, 0.2) is 48.7 Å². The summed E-state index contributed by atoms with van der Waals surface area (Å²) in [5.41, 5.74) is 13.0. The van der Waals surface area contributed by atoms with Gasteiger partial charge >= 0.3 is 0 Å². The predicted octanol–water partition coefficient (Wildman–Crippen LogP) is 4.83. The maximum Gasteiger partial charge on any atom is 0.165 e. The number of piperazine rings is 1. The SMILES string of the molecule is COc1ccc(N2CCC(N3CCN(C)CC3)CC2)cc1-c1cnn2c(N)c(-c3cccc(Cl)c3)c(C)nc12. The highest BCUT2D eigenvalue weighted by Gasteiger charge is 2.27. The molecule has 0 atom stereocenters. The van der Waals surface area contributed by atoms with Crippen molar-refractivity contribution in [2.75, 3.05) is 64.1 Å². The average molecular weight is 546 g/mol. The first-order chi connectivity index (χ1) is 18.9. The first kappa shape index (κ1) is 25.9. The van der Waals surface area contributed by atoms with Crippen molar-refractivity contribution in [3.63, 3.8) is 0 Å². The van der Waals surface area contributed by atoms with Crippen LogP contribution in [0.2, 0.25) is 5.02 Å². The van der Waals surface area contributed by atoms with E-state index in [9.17, 15) is 0 Å². The van der Waals surface area contributed by atoms with E-state index < -0.39 is 0 Å². The maximum atomic E-state index is 6.66. The van der Waals surface area contributed by atoms with Gasteiger partial charge in [-0.2, -0.15) is 9.61 Å². The second kappa shape index (κ2) is 10.7. The van der Waals surface area contributed by atoms with Crippen molar-refractivity contribution in [3.8, 4) is 28.0 Å². The van der Waals surface area contributed by atoms with Crippen LogP contribution in [0.1, 0.15) is 18.5 Å². The lowest BCUT2D eigenvalue weighted by Gasteiger charge is -2.42. The third kappa shape index (κ3) is 4.93. The Morgan fingerprint density at radius 1 is 0.974 bits per heavy atom. The molecule has 0 aliphatic carbocycles. The third-order valence-corrected chi connectivity index (χ3v) is 8.57. The molecule has 2 N–H and O–H groups in total. The van der Waals surface area contributed by atoms with Gasteiger partial charge in [-0.25, -0.2) is 4.98 Å². The fourth-order valence-electron chi connectivity index (χ4n) is 6.10. The Labute approximate surface area is 234 Å². The maximum absolute atomic E-state index is 6.66. The van der Waals surface area contributed by atoms with Gasteiger partial charge in [0.1, 0.15) is 11.6 Å². The van der Waals surface area contributed by atoms with E-state index in [1.807, 2.05) is 37.4 Å². The topological polar surface area (TPSA) is 75.2 Å². The molecule has 204 valence electrons. The van der Waals surface area contributed by atoms with Crippen molar-refractivity contribution in [1.29, 1.82) is 0 Å². The number of rotatable bonds is 5. The van der Waals surface area contributed by atoms with Crippen LogP contribution in [0.4, 0.5) is 11.5 Å². The second-order valence-electron chi connectivity index (χ2n) is 10.7. The normalized spacial score (nSPS) is 17.7. The quantitative estimate of drug-likeness (QED) is 0.385. The molecule has 2 aromatic carbocycles. The van der Waals surface area contributed by atoms with Crippen molar-refractivity contribution in [3.05, 3.63) is 59.4 Å². The van der Waals surface area contributed by atoms with Crippen LogP contribution < -0.4 is 15.4 Å². The van der Waals surface area contributed by atoms with E-state index in [0.717, 1.165) is 46.8 Å². The summed E-state index contributed by atoms with van der Waals surface area (Å²) < 4.78 is 7.51. The number of methoxy groups -OCH3 is 1. The van der Waals surface area contributed by atoms with E-state index in [4.69, 9.17) is 27.1 Å². The molecule has 0 spiro atoms. The van der Waals surface area contributed by atoms with Gasteiger partial charge in [-0.1, -0.05) is 23.7 Å². The summed E-state index contributed by atoms with van der Waals surface area (Å²) in [6, 6.07) is 14.8. The average Bonchev–Trinajstić information content (AvgIpc) is 3.37. The number of nitrogens with two attached hydrogens (primary N) is 1. The summed E-state index contributed by atoms with van der Waals surface area (Å²) in [7, 11) is 3.92. The smallest absolute Gasteiger partial charge is 0.165 e. The molecule has 4 aromatic rings. The van der Waals surface area contributed by atoms with Gasteiger partial charge in [0.05, 0.1) is 24.6 Å². The fourth-order valence-corrected chi connectivity index (χ4v) is 6.29. The summed E-state index contributed by atoms with van der Waals surface area (Å²) >= 11 is 6.26. The molecule has 8 nitrogen and oxygen atoms in total. The van der Waals surface area contributed by atoms with Crippen molar-refractivity contribution in [2.45, 2.75) is 25.8 Å². The lowest BCUT2D eigenvalue weighted by Crippen LogP contribution is -2.52. The first-order valence-corrected chi connectivity index (χ1v) is 14.1. The highest BCUT2D eigenvalue weighted by Crippen LogP contribution is 2.39. The number of likely N-dealkylation sites (N-methyl/N-ethyl adjacent to an activating group) is 1. The van der Waals surface area contributed by atoms with Crippen LogP contribution in [0, 0.1) is 6.92 Å². The number of hydrogen-bond donors (Lipinski definition) is 1. The summed E-state index contributed by atoms with van der Waals surface area (Å²) in [6.07, 6.45) is 4.21. The molecule has 9 heteroatoms. The molecular formula is C30H36ClN7O. The van der Waals surface area contributed by atoms with Gasteiger partial charge in [-0.3, -0.25) is 4.90 Å². The highest BCUT2D eigenvalue weighted by molar-refractivity contribution is 6.30. The third-order valence-electron chi connectivity index (χ3n) is 8.33. The van der Waals surface area contributed by atoms with Crippen LogP contribution in [0.25, 0.3) is 27.9 Å². The summed E-state index contributed by atoms with van der Waals surface area (Å²) in [5, 5.41) is 5.30. The zero-order chi connectivity index (χ0) is 27.1. The Morgan fingerprint density at radius 3 is 2.46 bits per heavy atom. The molecule has 2 aliphatic heterocycles. The molecule has 0 unspecified atom stereocenters. The number of hydrogen-bond acceptors (Lipinski definition) is 7. The number of anilines is 2. The standard InChI is InChI=1S/C30H36ClN7O/c1-20-28(21-5-4-6-22(31)17-21)29(32)38-30(34-20)26(19-33-38)25-18-24(7-8-27(25)39-3)36-11-9-23(10-12-36)37-15-13-35(2)14-16-37/h4-8,17-19,23H,9-16,32H2,1-3H3. The molecule has 4 heterocycles. The molecule has 2 aromatic heterocycles. The van der Waals surface area contributed by atoms with Crippen molar-refractivity contribution in [2.24, 2.45) is 0 Å². The van der Waals surface area contributed by atoms with Crippen molar-refractivity contribution >= 4 is 28.8 Å². The number of aromatic nitrogens is 3. The summed E-state index contributed by atoms with van der Waals surface area (Å²) in [6.45, 7) is 8.76. The minimum absolute atomic E-state index is 0.534. The zero-order valence-corrected chi connectivity index (χ0v) is 23.7. The highest BCUT2D eigenvalue weighted by atomic mass is 35.5. The molecule has 2 aliphatic rings. The van der Waals surface area contributed by atoms with Crippen LogP contribution in [0.5, 0.6) is 5.75 Å². The van der Waals surface area contributed by atoms with Crippen molar-refractivity contribution in [1.82, 2.24) is 24.4 Å². The molecule has 6 rings (SSSR count). The van der Waals surface area contributed by atoms with Gasteiger partial charge in [0.15, 0.2) is 5.65 Å². The lowest BCUT2D eigenvalue weighted by molar-refractivity contribution is 0.0982. The van der Waals surface area contributed by atoms with E-state index in [2.05, 4.69) is 45.0 Å². The number of halogens is 1. The van der Waals surface area contributed by atoms with Crippen LogP contribution in [0.3, 0.4) is 0 Å². The molecule has 0 bridgehead atoms. The van der Waals surface area contributed by atoms with Gasteiger partial charge < -0.3 is 20.3 Å². The molecule has 0 saturated carbocycles. The Hall–Kier alpha value is -3.33. The Bertz CT molecular complexity index is 1490. The summed E-state index contributed by atoms with van der Waals surface area (Å²) in [5.74, 6) is 1.32. The number of ether oxygens (including phenoxy) is 1. The minimum atomic E-state index is 0.534. The Kier molecular flexibility index (Phi) is 7.10. The van der Waals surface area contributed by atoms with Crippen LogP contribution in [-0.2, 0) is 0 Å².